The fourth-order valence-electron chi connectivity index (χ4n) is 0. The van der Waals surface area contributed by atoms with Gasteiger partial charge in [-0.3, -0.25) is 0 Å². The SMILES string of the molecule is O.O.O.O.O.O.O.O.O.O.[Eu]. The van der Waals surface area contributed by atoms with Gasteiger partial charge < -0.3 is 54.8 Å². The maximum Gasteiger partial charge on any atom is 0 e. The summed E-state index contributed by atoms with van der Waals surface area (Å²) in [6.07, 6.45) is 0. The molecule has 87 valence electrons. The summed E-state index contributed by atoms with van der Waals surface area (Å²) < 4.78 is 0. The van der Waals surface area contributed by atoms with Crippen molar-refractivity contribution >= 4 is 0 Å². The third-order valence-corrected chi connectivity index (χ3v) is 0. The molecule has 0 aliphatic heterocycles. The average Bonchev–Trinajstić information content (AvgIpc) is 0. The van der Waals surface area contributed by atoms with E-state index in [4.69, 9.17) is 0 Å². The van der Waals surface area contributed by atoms with Crippen LogP contribution in [0, 0.1) is 49.4 Å². The van der Waals surface area contributed by atoms with Crippen molar-refractivity contribution in [2.24, 2.45) is 0 Å². The van der Waals surface area contributed by atoms with Gasteiger partial charge in [-0.15, -0.1) is 0 Å². The van der Waals surface area contributed by atoms with Gasteiger partial charge in [-0.1, -0.05) is 0 Å². The molecule has 11 heteroatoms. The van der Waals surface area contributed by atoms with Crippen LogP contribution in [-0.4, -0.2) is 54.8 Å². The first kappa shape index (κ1) is 1090. The van der Waals surface area contributed by atoms with E-state index in [2.05, 4.69) is 0 Å². The smallest absolute Gasteiger partial charge is 0 e. The van der Waals surface area contributed by atoms with Gasteiger partial charge >= 0.3 is 0 Å². The van der Waals surface area contributed by atoms with Gasteiger partial charge in [-0.05, 0) is 0 Å². The molecule has 0 saturated heterocycles. The van der Waals surface area contributed by atoms with Gasteiger partial charge in [-0.25, -0.2) is 0 Å². The zero-order chi connectivity index (χ0) is 0. The van der Waals surface area contributed by atoms with Crippen LogP contribution in [0.15, 0.2) is 0 Å². The summed E-state index contributed by atoms with van der Waals surface area (Å²) in [7, 11) is 0. The molecular formula is H20EuO10. The van der Waals surface area contributed by atoms with Crippen molar-refractivity contribution in [1.82, 2.24) is 0 Å². The monoisotopic (exact) mass is 333 g/mol. The van der Waals surface area contributed by atoms with Gasteiger partial charge in [-0.2, -0.15) is 0 Å². The van der Waals surface area contributed by atoms with E-state index in [0.717, 1.165) is 0 Å². The number of hydrogen-bond donors (Lipinski definition) is 0. The van der Waals surface area contributed by atoms with Crippen molar-refractivity contribution in [3.8, 4) is 0 Å². The van der Waals surface area contributed by atoms with Crippen molar-refractivity contribution in [1.29, 1.82) is 0 Å². The fourth-order valence-corrected chi connectivity index (χ4v) is 0. The predicted octanol–water partition coefficient (Wildman–Crippen LogP) is -8.25. The van der Waals surface area contributed by atoms with Gasteiger partial charge in [0.2, 0.25) is 0 Å². The van der Waals surface area contributed by atoms with E-state index in [1.165, 1.54) is 0 Å². The minimum atomic E-state index is 0. The van der Waals surface area contributed by atoms with Crippen LogP contribution in [-0.2, 0) is 0 Å². The summed E-state index contributed by atoms with van der Waals surface area (Å²) >= 11 is 0. The van der Waals surface area contributed by atoms with Crippen LogP contribution >= 0.6 is 0 Å². The number of hydrogen-bond acceptors (Lipinski definition) is 0. The van der Waals surface area contributed by atoms with Crippen LogP contribution in [0.5, 0.6) is 0 Å². The van der Waals surface area contributed by atoms with E-state index in [1.54, 1.807) is 0 Å². The van der Waals surface area contributed by atoms with Gasteiger partial charge in [0.25, 0.3) is 0 Å². The summed E-state index contributed by atoms with van der Waals surface area (Å²) in [5, 5.41) is 0. The maximum absolute atomic E-state index is 0. The minimum absolute atomic E-state index is 0. The van der Waals surface area contributed by atoms with E-state index in [1.807, 2.05) is 0 Å². The van der Waals surface area contributed by atoms with E-state index in [-0.39, 0.29) is 104 Å². The van der Waals surface area contributed by atoms with Gasteiger partial charge in [0.15, 0.2) is 0 Å². The summed E-state index contributed by atoms with van der Waals surface area (Å²) in [6.45, 7) is 0. The van der Waals surface area contributed by atoms with Gasteiger partial charge in [0.05, 0.1) is 0 Å². The molecule has 0 aliphatic carbocycles. The van der Waals surface area contributed by atoms with E-state index in [0.29, 0.717) is 0 Å². The first-order valence-corrected chi connectivity index (χ1v) is 0. The zero-order valence-corrected chi connectivity index (χ0v) is 7.80. The molecule has 0 aliphatic rings. The van der Waals surface area contributed by atoms with Crippen molar-refractivity contribution in [3.05, 3.63) is 0 Å². The normalized spacial score (nSPS) is 0. The summed E-state index contributed by atoms with van der Waals surface area (Å²) in [4.78, 5) is 0. The Hall–Kier alpha value is 1.18. The van der Waals surface area contributed by atoms with Gasteiger partial charge in [0, 0.05) is 49.4 Å². The fraction of sp³-hybridized carbons (Fsp3) is 0. The molecule has 0 unspecified atom stereocenters. The summed E-state index contributed by atoms with van der Waals surface area (Å²) in [5.74, 6) is 0. The molecule has 0 bridgehead atoms. The minimum Gasteiger partial charge on any atom is -0.412 e. The molecule has 20 N–H and O–H groups in total. The molecule has 0 saturated carbocycles. The average molecular weight is 332 g/mol. The zero-order valence-electron chi connectivity index (χ0n) is 5.38. The molecule has 0 rings (SSSR count). The van der Waals surface area contributed by atoms with Crippen LogP contribution in [0.3, 0.4) is 0 Å². The molecule has 0 atom stereocenters. The molecule has 0 aromatic heterocycles. The molecule has 0 fully saturated rings. The van der Waals surface area contributed by atoms with E-state index < -0.39 is 0 Å². The standard InChI is InChI=1S/Eu.10H2O/h;10*1H2. The topological polar surface area (TPSA) is 315 Å². The largest absolute Gasteiger partial charge is 0.412 e. The third-order valence-electron chi connectivity index (χ3n) is 0. The first-order chi connectivity index (χ1) is 0. The Bertz CT molecular complexity index is 4.83. The second-order valence-corrected chi connectivity index (χ2v) is 0. The van der Waals surface area contributed by atoms with E-state index >= 15 is 0 Å². The Morgan fingerprint density at radius 2 is 0.182 bits per heavy atom. The van der Waals surface area contributed by atoms with Crippen LogP contribution < -0.4 is 0 Å². The molecule has 11 heavy (non-hydrogen) atoms. The second kappa shape index (κ2) is 827. The van der Waals surface area contributed by atoms with Crippen LogP contribution in [0.1, 0.15) is 0 Å². The first-order valence-electron chi connectivity index (χ1n) is 0. The maximum atomic E-state index is 0. The quantitative estimate of drug-likeness (QED) is 0.398. The van der Waals surface area contributed by atoms with Crippen molar-refractivity contribution in [2.75, 3.05) is 0 Å². The second-order valence-electron chi connectivity index (χ2n) is 0. The molecule has 0 aromatic rings. The molecule has 0 heterocycles. The Morgan fingerprint density at radius 3 is 0.182 bits per heavy atom. The summed E-state index contributed by atoms with van der Waals surface area (Å²) in [5.41, 5.74) is 0. The van der Waals surface area contributed by atoms with Crippen molar-refractivity contribution in [2.45, 2.75) is 0 Å². The molecule has 1 radical (unpaired) electrons. The Labute approximate surface area is 103 Å². The Kier molecular flexibility index (Phi) is 81700. The van der Waals surface area contributed by atoms with Crippen molar-refractivity contribution < 1.29 is 104 Å². The Morgan fingerprint density at radius 1 is 0.182 bits per heavy atom. The molecule has 10 nitrogen and oxygen atoms in total. The predicted molar refractivity (Wildman–Crippen MR) is 36.1 cm³/mol. The molecule has 0 amide bonds. The van der Waals surface area contributed by atoms with Gasteiger partial charge in [0.1, 0.15) is 0 Å². The van der Waals surface area contributed by atoms with Crippen LogP contribution in [0.2, 0.25) is 0 Å². The van der Waals surface area contributed by atoms with Crippen LogP contribution in [0.25, 0.3) is 0 Å². The summed E-state index contributed by atoms with van der Waals surface area (Å²) in [6, 6.07) is 0. The molecule has 0 spiro atoms. The number of rotatable bonds is 0. The molecule has 0 aromatic carbocycles. The van der Waals surface area contributed by atoms with Crippen LogP contribution in [0.4, 0.5) is 0 Å². The Balaban J connectivity index is 0. The molecular weight excluding hydrogens is 312 g/mol. The van der Waals surface area contributed by atoms with E-state index in [9.17, 15) is 0 Å². The third kappa shape index (κ3) is 673. The van der Waals surface area contributed by atoms with Crippen molar-refractivity contribution in [3.63, 3.8) is 0 Å².